The third-order valence-corrected chi connectivity index (χ3v) is 2.61. The van der Waals surface area contributed by atoms with Gasteiger partial charge in [0.1, 0.15) is 11.9 Å². The van der Waals surface area contributed by atoms with Crippen LogP contribution in [0.4, 0.5) is 0 Å². The summed E-state index contributed by atoms with van der Waals surface area (Å²) < 4.78 is 16.0. The lowest BCUT2D eigenvalue weighted by Crippen LogP contribution is -2.33. The Hall–Kier alpha value is -1.10. The lowest BCUT2D eigenvalue weighted by Gasteiger charge is -2.18. The van der Waals surface area contributed by atoms with Gasteiger partial charge in [-0.1, -0.05) is 12.1 Å². The summed E-state index contributed by atoms with van der Waals surface area (Å²) in [4.78, 5) is 0. The highest BCUT2D eigenvalue weighted by atomic mass is 16.5. The standard InChI is InChI=1S/C14H23NO3/c1-15-10-14(11-17-3)18-13-6-4-12(5-7-13)8-9-16-2/h4-7,14-15H,8-11H2,1-3H3. The van der Waals surface area contributed by atoms with E-state index in [0.29, 0.717) is 6.61 Å². The van der Waals surface area contributed by atoms with Crippen LogP contribution in [0.15, 0.2) is 24.3 Å². The normalized spacial score (nSPS) is 12.4. The maximum atomic E-state index is 5.84. The van der Waals surface area contributed by atoms with Gasteiger partial charge < -0.3 is 19.5 Å². The molecule has 0 saturated carbocycles. The number of benzene rings is 1. The first-order chi connectivity index (χ1) is 8.80. The van der Waals surface area contributed by atoms with Gasteiger partial charge in [-0.3, -0.25) is 0 Å². The molecule has 1 aromatic carbocycles. The van der Waals surface area contributed by atoms with Crippen LogP contribution in [0.3, 0.4) is 0 Å². The first-order valence-corrected chi connectivity index (χ1v) is 6.18. The summed E-state index contributed by atoms with van der Waals surface area (Å²) in [5.74, 6) is 0.869. The van der Waals surface area contributed by atoms with Gasteiger partial charge in [0, 0.05) is 20.8 Å². The SMILES string of the molecule is CNCC(COC)Oc1ccc(CCOC)cc1. The Morgan fingerprint density at radius 2 is 1.83 bits per heavy atom. The van der Waals surface area contributed by atoms with Crippen LogP contribution in [0.5, 0.6) is 5.75 Å². The van der Waals surface area contributed by atoms with Crippen molar-refractivity contribution in [3.8, 4) is 5.75 Å². The summed E-state index contributed by atoms with van der Waals surface area (Å²) in [6, 6.07) is 8.11. The smallest absolute Gasteiger partial charge is 0.134 e. The maximum absolute atomic E-state index is 5.84. The van der Waals surface area contributed by atoms with Gasteiger partial charge in [-0.25, -0.2) is 0 Å². The van der Waals surface area contributed by atoms with Crippen molar-refractivity contribution in [2.75, 3.05) is 41.0 Å². The molecule has 0 aliphatic rings. The summed E-state index contributed by atoms with van der Waals surface area (Å²) in [6.45, 7) is 2.08. The first-order valence-electron chi connectivity index (χ1n) is 6.18. The van der Waals surface area contributed by atoms with Crippen LogP contribution in [-0.2, 0) is 15.9 Å². The van der Waals surface area contributed by atoms with E-state index in [4.69, 9.17) is 14.2 Å². The monoisotopic (exact) mass is 253 g/mol. The van der Waals surface area contributed by atoms with Gasteiger partial charge in [0.15, 0.2) is 0 Å². The summed E-state index contributed by atoms with van der Waals surface area (Å²) in [5, 5.41) is 3.09. The average molecular weight is 253 g/mol. The Bertz CT molecular complexity index is 307. The first kappa shape index (κ1) is 15.0. The molecule has 0 heterocycles. The highest BCUT2D eigenvalue weighted by Gasteiger charge is 2.08. The quantitative estimate of drug-likeness (QED) is 0.724. The second-order valence-corrected chi connectivity index (χ2v) is 4.14. The molecule has 0 aromatic heterocycles. The van der Waals surface area contributed by atoms with E-state index in [1.807, 2.05) is 19.2 Å². The third-order valence-electron chi connectivity index (χ3n) is 2.61. The summed E-state index contributed by atoms with van der Waals surface area (Å²) >= 11 is 0. The number of likely N-dealkylation sites (N-methyl/N-ethyl adjacent to an activating group) is 1. The van der Waals surface area contributed by atoms with Gasteiger partial charge >= 0.3 is 0 Å². The van der Waals surface area contributed by atoms with E-state index in [-0.39, 0.29) is 6.10 Å². The second-order valence-electron chi connectivity index (χ2n) is 4.14. The topological polar surface area (TPSA) is 39.7 Å². The van der Waals surface area contributed by atoms with E-state index < -0.39 is 0 Å². The minimum Gasteiger partial charge on any atom is -0.487 e. The third kappa shape index (κ3) is 5.49. The maximum Gasteiger partial charge on any atom is 0.134 e. The summed E-state index contributed by atoms with van der Waals surface area (Å²) in [5.41, 5.74) is 1.25. The molecule has 0 bridgehead atoms. The fourth-order valence-electron chi connectivity index (χ4n) is 1.70. The number of rotatable bonds is 9. The van der Waals surface area contributed by atoms with Crippen LogP contribution >= 0.6 is 0 Å². The molecule has 18 heavy (non-hydrogen) atoms. The number of methoxy groups -OCH3 is 2. The van der Waals surface area contributed by atoms with Crippen molar-refractivity contribution < 1.29 is 14.2 Å². The Balaban J connectivity index is 2.50. The van der Waals surface area contributed by atoms with Crippen molar-refractivity contribution in [1.29, 1.82) is 0 Å². The second kappa shape index (κ2) is 8.91. The van der Waals surface area contributed by atoms with Gasteiger partial charge in [0.25, 0.3) is 0 Å². The molecule has 1 aromatic rings. The largest absolute Gasteiger partial charge is 0.487 e. The lowest BCUT2D eigenvalue weighted by atomic mass is 10.1. The fourth-order valence-corrected chi connectivity index (χ4v) is 1.70. The number of nitrogens with one attached hydrogen (secondary N) is 1. The van der Waals surface area contributed by atoms with Crippen LogP contribution in [0.2, 0.25) is 0 Å². The zero-order valence-electron chi connectivity index (χ0n) is 11.4. The van der Waals surface area contributed by atoms with Crippen LogP contribution in [0.1, 0.15) is 5.56 Å². The van der Waals surface area contributed by atoms with E-state index in [1.54, 1.807) is 14.2 Å². The number of ether oxygens (including phenoxy) is 3. The Morgan fingerprint density at radius 1 is 1.11 bits per heavy atom. The van der Waals surface area contributed by atoms with Gasteiger partial charge in [0.05, 0.1) is 13.2 Å². The van der Waals surface area contributed by atoms with Crippen LogP contribution < -0.4 is 10.1 Å². The van der Waals surface area contributed by atoms with Crippen molar-refractivity contribution in [1.82, 2.24) is 5.32 Å². The predicted molar refractivity (Wildman–Crippen MR) is 72.2 cm³/mol. The molecular weight excluding hydrogens is 230 g/mol. The molecule has 0 aliphatic heterocycles. The summed E-state index contributed by atoms with van der Waals surface area (Å²) in [6.07, 6.45) is 0.958. The molecule has 102 valence electrons. The van der Waals surface area contributed by atoms with Crippen molar-refractivity contribution in [2.45, 2.75) is 12.5 Å². The predicted octanol–water partition coefficient (Wildman–Crippen LogP) is 1.49. The summed E-state index contributed by atoms with van der Waals surface area (Å²) in [7, 11) is 5.30. The van der Waals surface area contributed by atoms with Crippen LogP contribution in [0.25, 0.3) is 0 Å². The molecule has 0 radical (unpaired) electrons. The fraction of sp³-hybridized carbons (Fsp3) is 0.571. The van der Waals surface area contributed by atoms with Gasteiger partial charge in [-0.05, 0) is 31.2 Å². The zero-order valence-corrected chi connectivity index (χ0v) is 11.4. The molecule has 0 spiro atoms. The minimum absolute atomic E-state index is 0.0322. The van der Waals surface area contributed by atoms with E-state index in [0.717, 1.165) is 25.3 Å². The molecule has 4 nitrogen and oxygen atoms in total. The van der Waals surface area contributed by atoms with E-state index >= 15 is 0 Å². The molecule has 4 heteroatoms. The highest BCUT2D eigenvalue weighted by molar-refractivity contribution is 5.27. The van der Waals surface area contributed by atoms with E-state index in [1.165, 1.54) is 5.56 Å². The van der Waals surface area contributed by atoms with Crippen molar-refractivity contribution in [3.05, 3.63) is 29.8 Å². The van der Waals surface area contributed by atoms with Gasteiger partial charge in [-0.2, -0.15) is 0 Å². The average Bonchev–Trinajstić information content (AvgIpc) is 2.38. The molecule has 1 N–H and O–H groups in total. The number of hydrogen-bond acceptors (Lipinski definition) is 4. The Labute approximate surface area is 109 Å². The Morgan fingerprint density at radius 3 is 2.39 bits per heavy atom. The van der Waals surface area contributed by atoms with Crippen molar-refractivity contribution in [3.63, 3.8) is 0 Å². The molecule has 0 amide bonds. The zero-order chi connectivity index (χ0) is 13.2. The molecule has 0 saturated heterocycles. The van der Waals surface area contributed by atoms with Crippen molar-refractivity contribution >= 4 is 0 Å². The Kier molecular flexibility index (Phi) is 7.41. The molecule has 1 rings (SSSR count). The van der Waals surface area contributed by atoms with Crippen LogP contribution in [0, 0.1) is 0 Å². The minimum atomic E-state index is 0.0322. The van der Waals surface area contributed by atoms with E-state index in [9.17, 15) is 0 Å². The van der Waals surface area contributed by atoms with Gasteiger partial charge in [0.2, 0.25) is 0 Å². The molecule has 1 atom stereocenters. The molecular formula is C14H23NO3. The number of hydrogen-bond donors (Lipinski definition) is 1. The highest BCUT2D eigenvalue weighted by Crippen LogP contribution is 2.14. The van der Waals surface area contributed by atoms with Crippen LogP contribution in [-0.4, -0.2) is 47.1 Å². The lowest BCUT2D eigenvalue weighted by molar-refractivity contribution is 0.0818. The molecule has 1 unspecified atom stereocenters. The van der Waals surface area contributed by atoms with E-state index in [2.05, 4.69) is 17.4 Å². The van der Waals surface area contributed by atoms with Crippen molar-refractivity contribution in [2.24, 2.45) is 0 Å². The molecule has 0 fully saturated rings. The van der Waals surface area contributed by atoms with Gasteiger partial charge in [-0.15, -0.1) is 0 Å². The molecule has 0 aliphatic carbocycles.